The number of likely N-dealkylation sites (tertiary alicyclic amines) is 1. The van der Waals surface area contributed by atoms with E-state index in [9.17, 15) is 13.6 Å². The topological polar surface area (TPSA) is 55.3 Å². The van der Waals surface area contributed by atoms with Crippen molar-refractivity contribution in [3.8, 4) is 5.88 Å². The third-order valence-electron chi connectivity index (χ3n) is 3.70. The van der Waals surface area contributed by atoms with Gasteiger partial charge in [-0.25, -0.2) is 18.7 Å². The van der Waals surface area contributed by atoms with Crippen molar-refractivity contribution in [2.75, 3.05) is 13.1 Å². The molecule has 0 aliphatic carbocycles. The second kappa shape index (κ2) is 6.68. The Morgan fingerprint density at radius 2 is 2.22 bits per heavy atom. The standard InChI is InChI=1S/C16H15F2N3O2/c17-12-2-1-11(14(18)8-12)7-16(22)21-6-4-13(9-21)23-15-3-5-19-10-20-15/h1-3,5,8,10,13H,4,6-7,9H2/t13-/m1/s1. The highest BCUT2D eigenvalue weighted by Gasteiger charge is 2.28. The van der Waals surface area contributed by atoms with Gasteiger partial charge >= 0.3 is 0 Å². The quantitative estimate of drug-likeness (QED) is 0.865. The van der Waals surface area contributed by atoms with Crippen LogP contribution in [-0.2, 0) is 11.2 Å². The lowest BCUT2D eigenvalue weighted by Gasteiger charge is -2.17. The smallest absolute Gasteiger partial charge is 0.227 e. The maximum atomic E-state index is 13.6. The van der Waals surface area contributed by atoms with E-state index in [0.29, 0.717) is 25.4 Å². The molecular formula is C16H15F2N3O2. The van der Waals surface area contributed by atoms with Crippen molar-refractivity contribution in [1.29, 1.82) is 0 Å². The summed E-state index contributed by atoms with van der Waals surface area (Å²) in [5, 5.41) is 0. The predicted octanol–water partition coefficient (Wildman–Crippen LogP) is 1.98. The fourth-order valence-electron chi connectivity index (χ4n) is 2.51. The third-order valence-corrected chi connectivity index (χ3v) is 3.70. The Hall–Kier alpha value is -2.57. The molecule has 0 bridgehead atoms. The Bertz CT molecular complexity index is 697. The van der Waals surface area contributed by atoms with Gasteiger partial charge in [0.2, 0.25) is 11.8 Å². The summed E-state index contributed by atoms with van der Waals surface area (Å²) in [6.07, 6.45) is 3.42. The zero-order chi connectivity index (χ0) is 16.2. The van der Waals surface area contributed by atoms with Gasteiger partial charge in [0.05, 0.1) is 13.0 Å². The zero-order valence-electron chi connectivity index (χ0n) is 12.3. The van der Waals surface area contributed by atoms with Crippen molar-refractivity contribution in [3.63, 3.8) is 0 Å². The minimum Gasteiger partial charge on any atom is -0.472 e. The van der Waals surface area contributed by atoms with Gasteiger partial charge in [-0.15, -0.1) is 0 Å². The van der Waals surface area contributed by atoms with Gasteiger partial charge in [-0.2, -0.15) is 0 Å². The molecule has 2 aromatic rings. The van der Waals surface area contributed by atoms with Crippen LogP contribution in [0.25, 0.3) is 0 Å². The van der Waals surface area contributed by atoms with E-state index >= 15 is 0 Å². The summed E-state index contributed by atoms with van der Waals surface area (Å²) in [6.45, 7) is 0.961. The number of ether oxygens (including phenoxy) is 1. The lowest BCUT2D eigenvalue weighted by Crippen LogP contribution is -2.32. The molecule has 1 aliphatic heterocycles. The molecule has 1 amide bonds. The maximum absolute atomic E-state index is 13.6. The van der Waals surface area contributed by atoms with Crippen molar-refractivity contribution in [1.82, 2.24) is 14.9 Å². The first kappa shape index (κ1) is 15.3. The average Bonchev–Trinajstić information content (AvgIpc) is 3.00. The van der Waals surface area contributed by atoms with E-state index in [1.165, 1.54) is 12.4 Å². The third kappa shape index (κ3) is 3.80. The minimum absolute atomic E-state index is 0.0909. The average molecular weight is 319 g/mol. The van der Waals surface area contributed by atoms with Gasteiger partial charge in [0.15, 0.2) is 0 Å². The summed E-state index contributed by atoms with van der Waals surface area (Å²) in [7, 11) is 0. The van der Waals surface area contributed by atoms with Crippen LogP contribution in [0.3, 0.4) is 0 Å². The summed E-state index contributed by atoms with van der Waals surface area (Å²) in [5.74, 6) is -1.10. The number of hydrogen-bond acceptors (Lipinski definition) is 4. The Labute approximate surface area is 131 Å². The maximum Gasteiger partial charge on any atom is 0.227 e. The van der Waals surface area contributed by atoms with Crippen molar-refractivity contribution in [2.24, 2.45) is 0 Å². The second-order valence-corrected chi connectivity index (χ2v) is 5.33. The van der Waals surface area contributed by atoms with E-state index in [1.54, 1.807) is 17.2 Å². The molecule has 1 atom stereocenters. The number of halogens is 2. The van der Waals surface area contributed by atoms with Crippen LogP contribution >= 0.6 is 0 Å². The molecule has 5 nitrogen and oxygen atoms in total. The van der Waals surface area contributed by atoms with E-state index < -0.39 is 11.6 Å². The Morgan fingerprint density at radius 1 is 1.35 bits per heavy atom. The number of hydrogen-bond donors (Lipinski definition) is 0. The Morgan fingerprint density at radius 3 is 2.96 bits per heavy atom. The van der Waals surface area contributed by atoms with Crippen LogP contribution < -0.4 is 4.74 Å². The number of carbonyl (C=O) groups excluding carboxylic acids is 1. The van der Waals surface area contributed by atoms with E-state index in [2.05, 4.69) is 9.97 Å². The summed E-state index contributed by atoms with van der Waals surface area (Å²) in [5.41, 5.74) is 0.191. The van der Waals surface area contributed by atoms with Crippen LogP contribution in [0, 0.1) is 11.6 Å². The van der Waals surface area contributed by atoms with Gasteiger partial charge in [0.1, 0.15) is 24.1 Å². The molecule has 0 N–H and O–H groups in total. The SMILES string of the molecule is O=C(Cc1ccc(F)cc1F)N1CC[C@@H](Oc2ccncn2)C1. The van der Waals surface area contributed by atoms with Crippen molar-refractivity contribution in [3.05, 3.63) is 54.0 Å². The Kier molecular flexibility index (Phi) is 4.45. The molecule has 0 spiro atoms. The number of nitrogens with zero attached hydrogens (tertiary/aromatic N) is 3. The molecule has 120 valence electrons. The summed E-state index contributed by atoms with van der Waals surface area (Å²) < 4.78 is 32.2. The van der Waals surface area contributed by atoms with Crippen molar-refractivity contribution < 1.29 is 18.3 Å². The second-order valence-electron chi connectivity index (χ2n) is 5.33. The molecule has 1 aromatic carbocycles. The number of carbonyl (C=O) groups is 1. The van der Waals surface area contributed by atoms with E-state index in [1.807, 2.05) is 0 Å². The lowest BCUT2D eigenvalue weighted by atomic mass is 10.1. The molecule has 3 rings (SSSR count). The highest BCUT2D eigenvalue weighted by molar-refractivity contribution is 5.79. The van der Waals surface area contributed by atoms with Gasteiger partial charge in [-0.05, 0) is 11.6 Å². The van der Waals surface area contributed by atoms with Crippen LogP contribution in [0.5, 0.6) is 5.88 Å². The molecule has 1 aliphatic rings. The van der Waals surface area contributed by atoms with E-state index in [0.717, 1.165) is 12.1 Å². The summed E-state index contributed by atoms with van der Waals surface area (Å²) in [6, 6.07) is 4.89. The van der Waals surface area contributed by atoms with Crippen LogP contribution in [-0.4, -0.2) is 40.0 Å². The number of amides is 1. The lowest BCUT2D eigenvalue weighted by molar-refractivity contribution is -0.129. The molecule has 0 unspecified atom stereocenters. The fraction of sp³-hybridized carbons (Fsp3) is 0.312. The first-order valence-corrected chi connectivity index (χ1v) is 7.26. The molecule has 2 heterocycles. The highest BCUT2D eigenvalue weighted by Crippen LogP contribution is 2.18. The number of benzene rings is 1. The highest BCUT2D eigenvalue weighted by atomic mass is 19.1. The molecule has 0 radical (unpaired) electrons. The Balaban J connectivity index is 1.57. The van der Waals surface area contributed by atoms with Gasteiger partial charge < -0.3 is 9.64 Å². The molecule has 23 heavy (non-hydrogen) atoms. The van der Waals surface area contributed by atoms with Crippen LogP contribution in [0.2, 0.25) is 0 Å². The monoisotopic (exact) mass is 319 g/mol. The minimum atomic E-state index is -0.702. The largest absolute Gasteiger partial charge is 0.472 e. The molecule has 1 fully saturated rings. The van der Waals surface area contributed by atoms with E-state index in [-0.39, 0.29) is 24.0 Å². The first-order chi connectivity index (χ1) is 11.1. The zero-order valence-corrected chi connectivity index (χ0v) is 12.3. The molecule has 1 saturated heterocycles. The molecule has 7 heteroatoms. The van der Waals surface area contributed by atoms with Gasteiger partial charge in [0, 0.05) is 31.3 Å². The van der Waals surface area contributed by atoms with E-state index in [4.69, 9.17) is 4.74 Å². The molecule has 1 aromatic heterocycles. The van der Waals surface area contributed by atoms with Gasteiger partial charge in [0.25, 0.3) is 0 Å². The van der Waals surface area contributed by atoms with Crippen molar-refractivity contribution >= 4 is 5.91 Å². The summed E-state index contributed by atoms with van der Waals surface area (Å²) >= 11 is 0. The summed E-state index contributed by atoms with van der Waals surface area (Å²) in [4.78, 5) is 21.6. The van der Waals surface area contributed by atoms with Crippen LogP contribution in [0.15, 0.2) is 36.8 Å². The van der Waals surface area contributed by atoms with Crippen LogP contribution in [0.1, 0.15) is 12.0 Å². The predicted molar refractivity (Wildman–Crippen MR) is 77.7 cm³/mol. The number of rotatable bonds is 4. The fourth-order valence-corrected chi connectivity index (χ4v) is 2.51. The normalized spacial score (nSPS) is 17.3. The van der Waals surface area contributed by atoms with Gasteiger partial charge in [-0.1, -0.05) is 6.07 Å². The molecule has 0 saturated carbocycles. The van der Waals surface area contributed by atoms with Gasteiger partial charge in [-0.3, -0.25) is 4.79 Å². The first-order valence-electron chi connectivity index (χ1n) is 7.26. The molecular weight excluding hydrogens is 304 g/mol. The van der Waals surface area contributed by atoms with Crippen molar-refractivity contribution in [2.45, 2.75) is 18.9 Å². The number of aromatic nitrogens is 2. The van der Waals surface area contributed by atoms with Crippen LogP contribution in [0.4, 0.5) is 8.78 Å².